The van der Waals surface area contributed by atoms with Gasteiger partial charge in [0.2, 0.25) is 0 Å². The number of nitrogen functional groups attached to an aromatic ring is 1. The predicted octanol–water partition coefficient (Wildman–Crippen LogP) is 1.85. The van der Waals surface area contributed by atoms with Crippen molar-refractivity contribution in [1.82, 2.24) is 14.6 Å². The van der Waals surface area contributed by atoms with Crippen LogP contribution in [0.2, 0.25) is 0 Å². The van der Waals surface area contributed by atoms with E-state index in [1.165, 1.54) is 6.33 Å². The van der Waals surface area contributed by atoms with Gasteiger partial charge < -0.3 is 5.73 Å². The Balaban J connectivity index is 2.27. The number of nitriles is 1. The van der Waals surface area contributed by atoms with Crippen molar-refractivity contribution in [2.45, 2.75) is 0 Å². The van der Waals surface area contributed by atoms with Crippen molar-refractivity contribution in [3.63, 3.8) is 0 Å². The van der Waals surface area contributed by atoms with Crippen LogP contribution in [0.1, 0.15) is 5.56 Å². The summed E-state index contributed by atoms with van der Waals surface area (Å²) in [6.45, 7) is 0. The van der Waals surface area contributed by atoms with Gasteiger partial charge in [0, 0.05) is 11.3 Å². The Hall–Kier alpha value is -2.87. The quantitative estimate of drug-likeness (QED) is 0.653. The SMILES string of the molecule is N#Cc1ccc(-c2cccc3ncnn23)c(N)c1. The molecule has 5 heteroatoms. The van der Waals surface area contributed by atoms with Crippen LogP contribution in [0.25, 0.3) is 16.9 Å². The third-order valence-electron chi connectivity index (χ3n) is 2.76. The van der Waals surface area contributed by atoms with Gasteiger partial charge in [-0.15, -0.1) is 0 Å². The van der Waals surface area contributed by atoms with Crippen molar-refractivity contribution < 1.29 is 0 Å². The second-order valence-corrected chi connectivity index (χ2v) is 3.85. The number of hydrogen-bond donors (Lipinski definition) is 1. The molecule has 86 valence electrons. The molecule has 2 aromatic heterocycles. The molecule has 0 fully saturated rings. The highest BCUT2D eigenvalue weighted by molar-refractivity contribution is 5.76. The van der Waals surface area contributed by atoms with Crippen LogP contribution in [0, 0.1) is 11.3 Å². The summed E-state index contributed by atoms with van der Waals surface area (Å²) in [6, 6.07) is 13.0. The lowest BCUT2D eigenvalue weighted by Gasteiger charge is -2.07. The molecule has 0 spiro atoms. The average Bonchev–Trinajstić information content (AvgIpc) is 2.87. The predicted molar refractivity (Wildman–Crippen MR) is 67.6 cm³/mol. The van der Waals surface area contributed by atoms with Crippen LogP contribution >= 0.6 is 0 Å². The van der Waals surface area contributed by atoms with E-state index in [1.807, 2.05) is 24.3 Å². The molecule has 0 radical (unpaired) electrons. The summed E-state index contributed by atoms with van der Waals surface area (Å²) in [5, 5.41) is 13.0. The van der Waals surface area contributed by atoms with Crippen molar-refractivity contribution in [3.8, 4) is 17.3 Å². The summed E-state index contributed by atoms with van der Waals surface area (Å²) in [7, 11) is 0. The van der Waals surface area contributed by atoms with Gasteiger partial charge in [0.25, 0.3) is 0 Å². The summed E-state index contributed by atoms with van der Waals surface area (Å²) in [5.74, 6) is 0. The van der Waals surface area contributed by atoms with E-state index >= 15 is 0 Å². The lowest BCUT2D eigenvalue weighted by molar-refractivity contribution is 0.970. The Labute approximate surface area is 103 Å². The number of nitrogens with two attached hydrogens (primary N) is 1. The number of rotatable bonds is 1. The third-order valence-corrected chi connectivity index (χ3v) is 2.76. The van der Waals surface area contributed by atoms with E-state index < -0.39 is 0 Å². The maximum atomic E-state index is 8.83. The largest absolute Gasteiger partial charge is 0.398 e. The Bertz CT molecular complexity index is 766. The van der Waals surface area contributed by atoms with Gasteiger partial charge in [-0.25, -0.2) is 9.50 Å². The molecule has 2 heterocycles. The van der Waals surface area contributed by atoms with Crippen molar-refractivity contribution in [2.24, 2.45) is 0 Å². The van der Waals surface area contributed by atoms with Crippen LogP contribution in [0.15, 0.2) is 42.7 Å². The van der Waals surface area contributed by atoms with E-state index in [4.69, 9.17) is 11.0 Å². The highest BCUT2D eigenvalue weighted by Gasteiger charge is 2.08. The van der Waals surface area contributed by atoms with Gasteiger partial charge in [0.15, 0.2) is 5.65 Å². The third kappa shape index (κ3) is 1.48. The summed E-state index contributed by atoms with van der Waals surface area (Å²) in [6.07, 6.45) is 1.50. The zero-order valence-electron chi connectivity index (χ0n) is 9.41. The molecule has 3 aromatic rings. The molecule has 1 aromatic carbocycles. The topological polar surface area (TPSA) is 80.0 Å². The van der Waals surface area contributed by atoms with Crippen molar-refractivity contribution in [3.05, 3.63) is 48.3 Å². The molecule has 2 N–H and O–H groups in total. The van der Waals surface area contributed by atoms with Gasteiger partial charge in [-0.3, -0.25) is 0 Å². The first-order valence-electron chi connectivity index (χ1n) is 5.38. The van der Waals surface area contributed by atoms with E-state index in [2.05, 4.69) is 16.2 Å². The van der Waals surface area contributed by atoms with Gasteiger partial charge in [0.05, 0.1) is 17.3 Å². The van der Waals surface area contributed by atoms with E-state index in [-0.39, 0.29) is 0 Å². The molecule has 0 atom stereocenters. The summed E-state index contributed by atoms with van der Waals surface area (Å²) < 4.78 is 1.72. The van der Waals surface area contributed by atoms with Gasteiger partial charge >= 0.3 is 0 Å². The summed E-state index contributed by atoms with van der Waals surface area (Å²) in [5.41, 5.74) is 9.52. The normalized spacial score (nSPS) is 10.4. The Morgan fingerprint density at radius 2 is 2.11 bits per heavy atom. The van der Waals surface area contributed by atoms with Gasteiger partial charge in [-0.05, 0) is 30.3 Å². The molecular formula is C13H9N5. The van der Waals surface area contributed by atoms with Crippen molar-refractivity contribution in [2.75, 3.05) is 5.73 Å². The lowest BCUT2D eigenvalue weighted by Crippen LogP contribution is -1.97. The summed E-state index contributed by atoms with van der Waals surface area (Å²) >= 11 is 0. The number of anilines is 1. The zero-order valence-corrected chi connectivity index (χ0v) is 9.41. The second kappa shape index (κ2) is 3.86. The molecule has 0 aliphatic carbocycles. The second-order valence-electron chi connectivity index (χ2n) is 3.85. The summed E-state index contributed by atoms with van der Waals surface area (Å²) in [4.78, 5) is 4.13. The first kappa shape index (κ1) is 10.3. The monoisotopic (exact) mass is 235 g/mol. The Morgan fingerprint density at radius 3 is 2.89 bits per heavy atom. The molecule has 0 saturated carbocycles. The number of fused-ring (bicyclic) bond motifs is 1. The van der Waals surface area contributed by atoms with Crippen LogP contribution < -0.4 is 5.73 Å². The smallest absolute Gasteiger partial charge is 0.155 e. The Morgan fingerprint density at radius 1 is 1.22 bits per heavy atom. The minimum Gasteiger partial charge on any atom is -0.398 e. The van der Waals surface area contributed by atoms with E-state index in [0.29, 0.717) is 11.3 Å². The van der Waals surface area contributed by atoms with Gasteiger partial charge in [0.1, 0.15) is 6.33 Å². The molecule has 0 saturated heterocycles. The minimum absolute atomic E-state index is 0.544. The minimum atomic E-state index is 0.544. The fourth-order valence-electron chi connectivity index (χ4n) is 1.92. The molecule has 0 amide bonds. The van der Waals surface area contributed by atoms with Crippen molar-refractivity contribution in [1.29, 1.82) is 5.26 Å². The molecule has 5 nitrogen and oxygen atoms in total. The van der Waals surface area contributed by atoms with Gasteiger partial charge in [-0.1, -0.05) is 6.07 Å². The standard InChI is InChI=1S/C13H9N5/c14-7-9-4-5-10(11(15)6-9)12-2-1-3-13-16-8-17-18(12)13/h1-6,8H,15H2. The fraction of sp³-hybridized carbons (Fsp3) is 0. The lowest BCUT2D eigenvalue weighted by atomic mass is 10.1. The van der Waals surface area contributed by atoms with Crippen LogP contribution in [-0.4, -0.2) is 14.6 Å². The van der Waals surface area contributed by atoms with Crippen LogP contribution in [0.5, 0.6) is 0 Å². The van der Waals surface area contributed by atoms with Crippen molar-refractivity contribution >= 4 is 11.3 Å². The number of aromatic nitrogens is 3. The van der Waals surface area contributed by atoms with E-state index in [9.17, 15) is 0 Å². The van der Waals surface area contributed by atoms with Crippen LogP contribution in [0.4, 0.5) is 5.69 Å². The number of nitrogens with zero attached hydrogens (tertiary/aromatic N) is 4. The molecular weight excluding hydrogens is 226 g/mol. The Kier molecular flexibility index (Phi) is 2.21. The van der Waals surface area contributed by atoms with Crippen LogP contribution in [-0.2, 0) is 0 Å². The molecule has 3 rings (SSSR count). The average molecular weight is 235 g/mol. The maximum absolute atomic E-state index is 8.83. The molecule has 0 bridgehead atoms. The first-order valence-corrected chi connectivity index (χ1v) is 5.38. The molecule has 18 heavy (non-hydrogen) atoms. The first-order chi connectivity index (χ1) is 8.79. The molecule has 0 aliphatic heterocycles. The highest BCUT2D eigenvalue weighted by Crippen LogP contribution is 2.26. The number of benzene rings is 1. The number of hydrogen-bond acceptors (Lipinski definition) is 4. The molecule has 0 unspecified atom stereocenters. The fourth-order valence-corrected chi connectivity index (χ4v) is 1.92. The number of pyridine rings is 1. The maximum Gasteiger partial charge on any atom is 0.155 e. The van der Waals surface area contributed by atoms with E-state index in [1.54, 1.807) is 16.6 Å². The highest BCUT2D eigenvalue weighted by atomic mass is 15.3. The van der Waals surface area contributed by atoms with Gasteiger partial charge in [-0.2, -0.15) is 10.4 Å². The molecule has 0 aliphatic rings. The van der Waals surface area contributed by atoms with Crippen LogP contribution in [0.3, 0.4) is 0 Å². The van der Waals surface area contributed by atoms with E-state index in [0.717, 1.165) is 16.9 Å². The zero-order chi connectivity index (χ0) is 12.5.